The van der Waals surface area contributed by atoms with E-state index in [9.17, 15) is 19.7 Å². The van der Waals surface area contributed by atoms with E-state index in [-0.39, 0.29) is 5.69 Å². The van der Waals surface area contributed by atoms with Crippen LogP contribution in [0.1, 0.15) is 5.56 Å². The number of carbonyl (C=O) groups excluding carboxylic acids is 2. The number of ether oxygens (including phenoxy) is 2. The summed E-state index contributed by atoms with van der Waals surface area (Å²) in [6.07, 6.45) is 2.58. The van der Waals surface area contributed by atoms with Crippen LogP contribution in [0.4, 0.5) is 11.4 Å². The van der Waals surface area contributed by atoms with E-state index in [1.54, 1.807) is 24.3 Å². The zero-order valence-corrected chi connectivity index (χ0v) is 13.9. The maximum absolute atomic E-state index is 11.8. The van der Waals surface area contributed by atoms with E-state index < -0.39 is 23.4 Å². The molecule has 26 heavy (non-hydrogen) atoms. The molecule has 0 fully saturated rings. The zero-order chi connectivity index (χ0) is 18.9. The topological polar surface area (TPSA) is 108 Å². The molecule has 8 heteroatoms. The van der Waals surface area contributed by atoms with Gasteiger partial charge >= 0.3 is 5.97 Å². The molecule has 2 aromatic carbocycles. The Kier molecular flexibility index (Phi) is 6.44. The molecule has 2 aromatic rings. The first-order valence-electron chi connectivity index (χ1n) is 7.51. The third kappa shape index (κ3) is 5.75. The summed E-state index contributed by atoms with van der Waals surface area (Å²) >= 11 is 0. The highest BCUT2D eigenvalue weighted by molar-refractivity contribution is 5.94. The number of methoxy groups -OCH3 is 1. The van der Waals surface area contributed by atoms with Crippen molar-refractivity contribution in [1.82, 2.24) is 0 Å². The van der Waals surface area contributed by atoms with Crippen LogP contribution in [-0.2, 0) is 14.3 Å². The average Bonchev–Trinajstić information content (AvgIpc) is 2.65. The molecule has 0 atom stereocenters. The molecule has 0 unspecified atom stereocenters. The Morgan fingerprint density at radius 1 is 1.19 bits per heavy atom. The molecule has 0 radical (unpaired) electrons. The van der Waals surface area contributed by atoms with E-state index in [0.717, 1.165) is 6.08 Å². The van der Waals surface area contributed by atoms with E-state index in [1.165, 1.54) is 37.5 Å². The van der Waals surface area contributed by atoms with Crippen LogP contribution in [0.15, 0.2) is 54.6 Å². The van der Waals surface area contributed by atoms with Gasteiger partial charge in [0, 0.05) is 30.0 Å². The van der Waals surface area contributed by atoms with E-state index in [0.29, 0.717) is 17.0 Å². The molecule has 134 valence electrons. The van der Waals surface area contributed by atoms with Crippen molar-refractivity contribution in [3.8, 4) is 5.75 Å². The first kappa shape index (κ1) is 18.7. The Balaban J connectivity index is 1.81. The molecule has 0 aliphatic rings. The van der Waals surface area contributed by atoms with Crippen LogP contribution in [0, 0.1) is 10.1 Å². The fraction of sp³-hybridized carbons (Fsp3) is 0.111. The fourth-order valence-corrected chi connectivity index (χ4v) is 1.95. The summed E-state index contributed by atoms with van der Waals surface area (Å²) in [5.41, 5.74) is 1.07. The molecular formula is C18H16N2O6. The predicted molar refractivity (Wildman–Crippen MR) is 94.7 cm³/mol. The lowest BCUT2D eigenvalue weighted by molar-refractivity contribution is -0.384. The molecule has 0 bridgehead atoms. The van der Waals surface area contributed by atoms with Crippen LogP contribution >= 0.6 is 0 Å². The second-order valence-corrected chi connectivity index (χ2v) is 5.07. The van der Waals surface area contributed by atoms with E-state index in [2.05, 4.69) is 5.32 Å². The lowest BCUT2D eigenvalue weighted by Gasteiger charge is -2.07. The van der Waals surface area contributed by atoms with E-state index in [4.69, 9.17) is 9.47 Å². The lowest BCUT2D eigenvalue weighted by atomic mass is 10.2. The Hall–Kier alpha value is -3.68. The van der Waals surface area contributed by atoms with Gasteiger partial charge in [-0.25, -0.2) is 4.79 Å². The van der Waals surface area contributed by atoms with Crippen molar-refractivity contribution in [3.63, 3.8) is 0 Å². The Morgan fingerprint density at radius 2 is 1.92 bits per heavy atom. The summed E-state index contributed by atoms with van der Waals surface area (Å²) in [6, 6.07) is 12.4. The first-order chi connectivity index (χ1) is 12.5. The van der Waals surface area contributed by atoms with E-state index >= 15 is 0 Å². The van der Waals surface area contributed by atoms with Gasteiger partial charge in [-0.1, -0.05) is 6.07 Å². The largest absolute Gasteiger partial charge is 0.497 e. The summed E-state index contributed by atoms with van der Waals surface area (Å²) in [5, 5.41) is 13.1. The normalized spacial score (nSPS) is 10.3. The average molecular weight is 356 g/mol. The number of rotatable bonds is 7. The number of anilines is 1. The Labute approximate surface area is 149 Å². The Morgan fingerprint density at radius 3 is 2.58 bits per heavy atom. The molecule has 0 aliphatic heterocycles. The van der Waals surface area contributed by atoms with Crippen LogP contribution in [0.2, 0.25) is 0 Å². The van der Waals surface area contributed by atoms with Crippen molar-refractivity contribution in [2.75, 3.05) is 19.0 Å². The van der Waals surface area contributed by atoms with Gasteiger partial charge in [0.2, 0.25) is 0 Å². The molecule has 0 saturated heterocycles. The molecule has 0 heterocycles. The van der Waals surface area contributed by atoms with Crippen molar-refractivity contribution < 1.29 is 24.0 Å². The molecule has 0 aliphatic carbocycles. The van der Waals surface area contributed by atoms with Crippen LogP contribution in [0.3, 0.4) is 0 Å². The molecular weight excluding hydrogens is 340 g/mol. The number of esters is 1. The van der Waals surface area contributed by atoms with Gasteiger partial charge < -0.3 is 14.8 Å². The van der Waals surface area contributed by atoms with Gasteiger partial charge in [-0.05, 0) is 35.9 Å². The standard InChI is InChI=1S/C18H16N2O6/c1-25-16-4-2-3-14(11-16)19-17(21)12-26-18(22)10-7-13-5-8-15(9-6-13)20(23)24/h2-11H,12H2,1H3,(H,19,21)/b10-7+. The minimum atomic E-state index is -0.704. The molecule has 1 N–H and O–H groups in total. The number of hydrogen-bond acceptors (Lipinski definition) is 6. The van der Waals surface area contributed by atoms with Crippen molar-refractivity contribution in [3.05, 3.63) is 70.3 Å². The highest BCUT2D eigenvalue weighted by Crippen LogP contribution is 2.16. The Bertz CT molecular complexity index is 830. The molecule has 0 aromatic heterocycles. The fourth-order valence-electron chi connectivity index (χ4n) is 1.95. The monoisotopic (exact) mass is 356 g/mol. The summed E-state index contributed by atoms with van der Waals surface area (Å²) in [7, 11) is 1.51. The highest BCUT2D eigenvalue weighted by Gasteiger charge is 2.07. The van der Waals surface area contributed by atoms with Crippen molar-refractivity contribution in [1.29, 1.82) is 0 Å². The zero-order valence-electron chi connectivity index (χ0n) is 13.9. The minimum absolute atomic E-state index is 0.0426. The second kappa shape index (κ2) is 8.97. The van der Waals surface area contributed by atoms with Gasteiger partial charge in [0.25, 0.3) is 11.6 Å². The van der Waals surface area contributed by atoms with Gasteiger partial charge in [-0.15, -0.1) is 0 Å². The number of nitro groups is 1. The van der Waals surface area contributed by atoms with Crippen LogP contribution in [0.5, 0.6) is 5.75 Å². The van der Waals surface area contributed by atoms with Crippen molar-refractivity contribution in [2.24, 2.45) is 0 Å². The minimum Gasteiger partial charge on any atom is -0.497 e. The van der Waals surface area contributed by atoms with Gasteiger partial charge in [-0.2, -0.15) is 0 Å². The van der Waals surface area contributed by atoms with Crippen LogP contribution in [-0.4, -0.2) is 30.5 Å². The summed E-state index contributed by atoms with van der Waals surface area (Å²) in [6.45, 7) is -0.444. The lowest BCUT2D eigenvalue weighted by Crippen LogP contribution is -2.20. The number of non-ortho nitro benzene ring substituents is 1. The van der Waals surface area contributed by atoms with Gasteiger partial charge in [0.1, 0.15) is 5.75 Å². The van der Waals surface area contributed by atoms with Crippen molar-refractivity contribution >= 4 is 29.3 Å². The smallest absolute Gasteiger partial charge is 0.331 e. The number of benzene rings is 2. The van der Waals surface area contributed by atoms with E-state index in [1.807, 2.05) is 0 Å². The van der Waals surface area contributed by atoms with Gasteiger partial charge in [0.05, 0.1) is 12.0 Å². The quantitative estimate of drug-likeness (QED) is 0.354. The summed E-state index contributed by atoms with van der Waals surface area (Å²) in [5.74, 6) is -0.606. The third-order valence-corrected chi connectivity index (χ3v) is 3.21. The number of amides is 1. The number of nitrogens with one attached hydrogen (secondary N) is 1. The number of nitro benzene ring substituents is 1. The number of nitrogens with zero attached hydrogens (tertiary/aromatic N) is 1. The molecule has 0 spiro atoms. The third-order valence-electron chi connectivity index (χ3n) is 3.21. The second-order valence-electron chi connectivity index (χ2n) is 5.07. The van der Waals surface area contributed by atoms with Crippen LogP contribution in [0.25, 0.3) is 6.08 Å². The number of hydrogen-bond donors (Lipinski definition) is 1. The summed E-state index contributed by atoms with van der Waals surface area (Å²) in [4.78, 5) is 33.5. The molecule has 2 rings (SSSR count). The SMILES string of the molecule is COc1cccc(NC(=O)COC(=O)/C=C/c2ccc([N+](=O)[O-])cc2)c1. The molecule has 8 nitrogen and oxygen atoms in total. The van der Waals surface area contributed by atoms with Crippen LogP contribution < -0.4 is 10.1 Å². The first-order valence-corrected chi connectivity index (χ1v) is 7.51. The predicted octanol–water partition coefficient (Wildman–Crippen LogP) is 2.80. The maximum Gasteiger partial charge on any atom is 0.331 e. The molecule has 1 amide bonds. The molecule has 0 saturated carbocycles. The van der Waals surface area contributed by atoms with Gasteiger partial charge in [-0.3, -0.25) is 14.9 Å². The highest BCUT2D eigenvalue weighted by atomic mass is 16.6. The van der Waals surface area contributed by atoms with Gasteiger partial charge in [0.15, 0.2) is 6.61 Å². The van der Waals surface area contributed by atoms with Crippen molar-refractivity contribution in [2.45, 2.75) is 0 Å². The maximum atomic E-state index is 11.8. The summed E-state index contributed by atoms with van der Waals surface area (Å²) < 4.78 is 9.88. The number of carbonyl (C=O) groups is 2.